The monoisotopic (exact) mass is 182 g/mol. The van der Waals surface area contributed by atoms with Gasteiger partial charge in [0.25, 0.3) is 0 Å². The molecule has 76 valence electrons. The van der Waals surface area contributed by atoms with Gasteiger partial charge in [0.05, 0.1) is 0 Å². The third-order valence-corrected chi connectivity index (χ3v) is 2.90. The largest absolute Gasteiger partial charge is 0.301 e. The molecule has 0 bridgehead atoms. The molecular formula is C11H22N2. The lowest BCUT2D eigenvalue weighted by Gasteiger charge is -2.37. The molecule has 0 aromatic carbocycles. The van der Waals surface area contributed by atoms with Crippen molar-refractivity contribution >= 4 is 0 Å². The van der Waals surface area contributed by atoms with Gasteiger partial charge in [0.1, 0.15) is 0 Å². The van der Waals surface area contributed by atoms with Crippen LogP contribution in [-0.4, -0.2) is 49.1 Å². The van der Waals surface area contributed by atoms with Crippen molar-refractivity contribution in [3.8, 4) is 0 Å². The highest BCUT2D eigenvalue weighted by atomic mass is 15.3. The molecule has 1 aliphatic rings. The standard InChI is InChI=1S/C11H22N2/c1-10(2)5-6-13-8-7-12(4)11(3)9-13/h11H,1,5-9H2,2-4H3. The molecule has 1 fully saturated rings. The van der Waals surface area contributed by atoms with Crippen molar-refractivity contribution in [1.82, 2.24) is 9.80 Å². The van der Waals surface area contributed by atoms with E-state index in [9.17, 15) is 0 Å². The van der Waals surface area contributed by atoms with Crippen LogP contribution in [0.15, 0.2) is 12.2 Å². The van der Waals surface area contributed by atoms with Crippen LogP contribution >= 0.6 is 0 Å². The van der Waals surface area contributed by atoms with Crippen LogP contribution in [0.5, 0.6) is 0 Å². The Bertz CT molecular complexity index is 177. The summed E-state index contributed by atoms with van der Waals surface area (Å²) < 4.78 is 0. The maximum Gasteiger partial charge on any atom is 0.0192 e. The van der Waals surface area contributed by atoms with E-state index in [1.165, 1.54) is 31.8 Å². The topological polar surface area (TPSA) is 6.48 Å². The SMILES string of the molecule is C=C(C)CCN1CCN(C)C(C)C1. The molecule has 2 heteroatoms. The zero-order chi connectivity index (χ0) is 9.84. The molecule has 1 saturated heterocycles. The lowest BCUT2D eigenvalue weighted by atomic mass is 10.1. The summed E-state index contributed by atoms with van der Waals surface area (Å²) in [6, 6.07) is 0.707. The number of hydrogen-bond acceptors (Lipinski definition) is 2. The molecule has 0 aliphatic carbocycles. The molecule has 0 radical (unpaired) electrons. The second-order valence-corrected chi connectivity index (χ2v) is 4.34. The van der Waals surface area contributed by atoms with Gasteiger partial charge in [-0.25, -0.2) is 0 Å². The average Bonchev–Trinajstić information content (AvgIpc) is 2.07. The van der Waals surface area contributed by atoms with E-state index in [1.54, 1.807) is 0 Å². The summed E-state index contributed by atoms with van der Waals surface area (Å²) in [5.74, 6) is 0. The molecule has 0 N–H and O–H groups in total. The summed E-state index contributed by atoms with van der Waals surface area (Å²) in [5.41, 5.74) is 1.30. The van der Waals surface area contributed by atoms with Crippen LogP contribution < -0.4 is 0 Å². The summed E-state index contributed by atoms with van der Waals surface area (Å²) in [4.78, 5) is 4.97. The minimum Gasteiger partial charge on any atom is -0.301 e. The van der Waals surface area contributed by atoms with Crippen LogP contribution in [0.4, 0.5) is 0 Å². The minimum absolute atomic E-state index is 0.707. The first kappa shape index (κ1) is 10.7. The van der Waals surface area contributed by atoms with Crippen LogP contribution in [0.2, 0.25) is 0 Å². The van der Waals surface area contributed by atoms with E-state index in [0.29, 0.717) is 6.04 Å². The number of hydrogen-bond donors (Lipinski definition) is 0. The number of likely N-dealkylation sites (N-methyl/N-ethyl adjacent to an activating group) is 1. The second-order valence-electron chi connectivity index (χ2n) is 4.34. The third kappa shape index (κ3) is 3.49. The van der Waals surface area contributed by atoms with Crippen LogP contribution in [-0.2, 0) is 0 Å². The summed E-state index contributed by atoms with van der Waals surface area (Å²) in [5, 5.41) is 0. The predicted molar refractivity (Wildman–Crippen MR) is 58.0 cm³/mol. The molecule has 0 saturated carbocycles. The van der Waals surface area contributed by atoms with Gasteiger partial charge in [0.2, 0.25) is 0 Å². The van der Waals surface area contributed by atoms with Crippen molar-refractivity contribution in [3.05, 3.63) is 12.2 Å². The highest BCUT2D eigenvalue weighted by Gasteiger charge is 2.19. The third-order valence-electron chi connectivity index (χ3n) is 2.90. The highest BCUT2D eigenvalue weighted by molar-refractivity contribution is 4.89. The smallest absolute Gasteiger partial charge is 0.0192 e. The summed E-state index contributed by atoms with van der Waals surface area (Å²) >= 11 is 0. The van der Waals surface area contributed by atoms with Gasteiger partial charge < -0.3 is 9.80 Å². The number of piperazine rings is 1. The van der Waals surface area contributed by atoms with E-state index >= 15 is 0 Å². The van der Waals surface area contributed by atoms with E-state index in [1.807, 2.05) is 0 Å². The molecule has 1 rings (SSSR count). The lowest BCUT2D eigenvalue weighted by Crippen LogP contribution is -2.50. The normalized spacial score (nSPS) is 26.2. The zero-order valence-corrected chi connectivity index (χ0v) is 9.21. The molecule has 0 aromatic heterocycles. The maximum atomic E-state index is 3.94. The van der Waals surface area contributed by atoms with Crippen molar-refractivity contribution in [1.29, 1.82) is 0 Å². The fourth-order valence-corrected chi connectivity index (χ4v) is 1.68. The minimum atomic E-state index is 0.707. The van der Waals surface area contributed by atoms with Gasteiger partial charge in [-0.05, 0) is 27.3 Å². The molecule has 0 aromatic rings. The Morgan fingerprint density at radius 1 is 1.46 bits per heavy atom. The predicted octanol–water partition coefficient (Wildman–Crippen LogP) is 1.59. The van der Waals surface area contributed by atoms with Crippen molar-refractivity contribution in [3.63, 3.8) is 0 Å². The number of nitrogens with zero attached hydrogens (tertiary/aromatic N) is 2. The van der Waals surface area contributed by atoms with Crippen LogP contribution in [0.25, 0.3) is 0 Å². The quantitative estimate of drug-likeness (QED) is 0.612. The molecule has 1 heterocycles. The van der Waals surface area contributed by atoms with Gasteiger partial charge in [0, 0.05) is 32.2 Å². The van der Waals surface area contributed by atoms with E-state index in [2.05, 4.69) is 37.3 Å². The Hall–Kier alpha value is -0.340. The number of rotatable bonds is 3. The molecule has 13 heavy (non-hydrogen) atoms. The summed E-state index contributed by atoms with van der Waals surface area (Å²) in [6.45, 7) is 13.2. The van der Waals surface area contributed by atoms with Crippen LogP contribution in [0.3, 0.4) is 0 Å². The fourth-order valence-electron chi connectivity index (χ4n) is 1.68. The summed E-state index contributed by atoms with van der Waals surface area (Å²) in [7, 11) is 2.21. The molecule has 0 spiro atoms. The molecule has 0 amide bonds. The van der Waals surface area contributed by atoms with Crippen LogP contribution in [0.1, 0.15) is 20.3 Å². The highest BCUT2D eigenvalue weighted by Crippen LogP contribution is 2.08. The molecular weight excluding hydrogens is 160 g/mol. The first-order valence-electron chi connectivity index (χ1n) is 5.16. The first-order chi connectivity index (χ1) is 6.09. The van der Waals surface area contributed by atoms with Crippen molar-refractivity contribution in [2.45, 2.75) is 26.3 Å². The zero-order valence-electron chi connectivity index (χ0n) is 9.21. The summed E-state index contributed by atoms with van der Waals surface area (Å²) in [6.07, 6.45) is 1.15. The molecule has 1 atom stereocenters. The van der Waals surface area contributed by atoms with Gasteiger partial charge in [-0.2, -0.15) is 0 Å². The molecule has 2 nitrogen and oxygen atoms in total. The van der Waals surface area contributed by atoms with Gasteiger partial charge in [0.15, 0.2) is 0 Å². The first-order valence-corrected chi connectivity index (χ1v) is 5.16. The van der Waals surface area contributed by atoms with Crippen molar-refractivity contribution in [2.24, 2.45) is 0 Å². The molecule has 1 unspecified atom stereocenters. The van der Waals surface area contributed by atoms with Crippen LogP contribution in [0, 0.1) is 0 Å². The Kier molecular flexibility index (Phi) is 3.94. The van der Waals surface area contributed by atoms with E-state index in [-0.39, 0.29) is 0 Å². The van der Waals surface area contributed by atoms with Crippen molar-refractivity contribution in [2.75, 3.05) is 33.2 Å². The van der Waals surface area contributed by atoms with Gasteiger partial charge >= 0.3 is 0 Å². The van der Waals surface area contributed by atoms with E-state index in [0.717, 1.165) is 6.42 Å². The average molecular weight is 182 g/mol. The van der Waals surface area contributed by atoms with Crippen molar-refractivity contribution < 1.29 is 0 Å². The second kappa shape index (κ2) is 4.77. The Labute approximate surface area is 82.2 Å². The fraction of sp³-hybridized carbons (Fsp3) is 0.818. The lowest BCUT2D eigenvalue weighted by molar-refractivity contribution is 0.106. The van der Waals surface area contributed by atoms with Gasteiger partial charge in [-0.15, -0.1) is 6.58 Å². The van der Waals surface area contributed by atoms with Gasteiger partial charge in [-0.3, -0.25) is 0 Å². The maximum absolute atomic E-state index is 3.94. The van der Waals surface area contributed by atoms with Gasteiger partial charge in [-0.1, -0.05) is 5.57 Å². The molecule has 1 aliphatic heterocycles. The Morgan fingerprint density at radius 2 is 2.15 bits per heavy atom. The Balaban J connectivity index is 2.25. The van der Waals surface area contributed by atoms with E-state index < -0.39 is 0 Å². The van der Waals surface area contributed by atoms with E-state index in [4.69, 9.17) is 0 Å². The Morgan fingerprint density at radius 3 is 2.69 bits per heavy atom.